The van der Waals surface area contributed by atoms with Crippen molar-refractivity contribution in [1.29, 1.82) is 0 Å². The molecule has 3 nitrogen and oxygen atoms in total. The summed E-state index contributed by atoms with van der Waals surface area (Å²) in [4.78, 5) is 0. The fourth-order valence-electron chi connectivity index (χ4n) is 2.29. The number of hydrogen-bond acceptors (Lipinski definition) is 2. The van der Waals surface area contributed by atoms with E-state index in [1.807, 2.05) is 17.9 Å². The van der Waals surface area contributed by atoms with Crippen LogP contribution in [0.25, 0.3) is 0 Å². The van der Waals surface area contributed by atoms with Gasteiger partial charge in [-0.3, -0.25) is 4.68 Å². The Morgan fingerprint density at radius 1 is 1.33 bits per heavy atom. The smallest absolute Gasteiger partial charge is 0.0610 e. The Hall–Kier alpha value is -1.61. The van der Waals surface area contributed by atoms with Crippen LogP contribution < -0.4 is 5.32 Å². The van der Waals surface area contributed by atoms with E-state index in [1.165, 1.54) is 22.3 Å². The molecule has 2 aromatic rings. The summed E-state index contributed by atoms with van der Waals surface area (Å²) in [5, 5.41) is 7.82. The third-order valence-electron chi connectivity index (χ3n) is 3.42. The number of nitrogens with one attached hydrogen (secondary N) is 1. The second-order valence-corrected chi connectivity index (χ2v) is 4.73. The zero-order valence-electron chi connectivity index (χ0n) is 11.6. The average Bonchev–Trinajstić information content (AvgIpc) is 2.77. The van der Waals surface area contributed by atoms with Gasteiger partial charge >= 0.3 is 0 Å². The maximum absolute atomic E-state index is 4.27. The van der Waals surface area contributed by atoms with Crippen LogP contribution in [0.3, 0.4) is 0 Å². The fourth-order valence-corrected chi connectivity index (χ4v) is 2.29. The van der Waals surface area contributed by atoms with E-state index in [1.54, 1.807) is 0 Å². The molecule has 1 unspecified atom stereocenters. The molecule has 18 heavy (non-hydrogen) atoms. The first kappa shape index (κ1) is 12.8. The Bertz CT molecular complexity index is 528. The molecule has 0 saturated heterocycles. The topological polar surface area (TPSA) is 29.9 Å². The van der Waals surface area contributed by atoms with E-state index in [-0.39, 0.29) is 6.04 Å². The molecule has 0 fully saturated rings. The number of aromatic nitrogens is 2. The molecule has 0 amide bonds. The van der Waals surface area contributed by atoms with Crippen molar-refractivity contribution < 1.29 is 0 Å². The van der Waals surface area contributed by atoms with Gasteiger partial charge in [-0.1, -0.05) is 25.1 Å². The predicted molar refractivity (Wildman–Crippen MR) is 74.6 cm³/mol. The number of hydrogen-bond donors (Lipinski definition) is 1. The summed E-state index contributed by atoms with van der Waals surface area (Å²) in [5.41, 5.74) is 5.24. The molecule has 0 aliphatic heterocycles. The first-order valence-corrected chi connectivity index (χ1v) is 6.41. The van der Waals surface area contributed by atoms with Gasteiger partial charge in [-0.2, -0.15) is 5.10 Å². The van der Waals surface area contributed by atoms with E-state index in [0.717, 1.165) is 6.54 Å². The highest BCUT2D eigenvalue weighted by Crippen LogP contribution is 2.26. The third-order valence-corrected chi connectivity index (χ3v) is 3.42. The maximum atomic E-state index is 4.27. The number of aryl methyl sites for hydroxylation is 2. The van der Waals surface area contributed by atoms with Crippen LogP contribution >= 0.6 is 0 Å². The molecule has 1 heterocycles. The van der Waals surface area contributed by atoms with Crippen LogP contribution in [0.15, 0.2) is 30.6 Å². The van der Waals surface area contributed by atoms with Crippen molar-refractivity contribution in [2.75, 3.05) is 6.54 Å². The Balaban J connectivity index is 2.44. The average molecular weight is 243 g/mol. The normalized spacial score (nSPS) is 12.7. The first-order valence-electron chi connectivity index (χ1n) is 6.41. The molecule has 2 rings (SSSR count). The Morgan fingerprint density at radius 2 is 2.11 bits per heavy atom. The van der Waals surface area contributed by atoms with Crippen LogP contribution in [-0.4, -0.2) is 16.3 Å². The molecule has 0 aliphatic carbocycles. The van der Waals surface area contributed by atoms with Gasteiger partial charge in [0, 0.05) is 18.8 Å². The van der Waals surface area contributed by atoms with Crippen molar-refractivity contribution in [2.45, 2.75) is 26.8 Å². The third kappa shape index (κ3) is 2.46. The molecule has 3 heteroatoms. The van der Waals surface area contributed by atoms with Gasteiger partial charge in [0.25, 0.3) is 0 Å². The molecule has 1 aromatic carbocycles. The van der Waals surface area contributed by atoms with Crippen molar-refractivity contribution in [3.8, 4) is 0 Å². The van der Waals surface area contributed by atoms with Crippen LogP contribution in [0, 0.1) is 13.8 Å². The van der Waals surface area contributed by atoms with E-state index < -0.39 is 0 Å². The van der Waals surface area contributed by atoms with Gasteiger partial charge in [-0.25, -0.2) is 0 Å². The van der Waals surface area contributed by atoms with E-state index >= 15 is 0 Å². The van der Waals surface area contributed by atoms with Crippen molar-refractivity contribution in [2.24, 2.45) is 7.05 Å². The highest BCUT2D eigenvalue weighted by Gasteiger charge is 2.17. The van der Waals surface area contributed by atoms with Crippen molar-refractivity contribution in [3.05, 3.63) is 52.8 Å². The molecule has 0 radical (unpaired) electrons. The number of nitrogens with zero attached hydrogens (tertiary/aromatic N) is 2. The molecule has 96 valence electrons. The summed E-state index contributed by atoms with van der Waals surface area (Å²) in [6.07, 6.45) is 4.02. The molecule has 0 aliphatic rings. The molecule has 0 spiro atoms. The zero-order chi connectivity index (χ0) is 13.1. The summed E-state index contributed by atoms with van der Waals surface area (Å²) < 4.78 is 1.85. The summed E-state index contributed by atoms with van der Waals surface area (Å²) in [6, 6.07) is 6.70. The lowest BCUT2D eigenvalue weighted by Crippen LogP contribution is -2.22. The van der Waals surface area contributed by atoms with Gasteiger partial charge in [0.05, 0.1) is 12.2 Å². The minimum absolute atomic E-state index is 0.226. The zero-order valence-corrected chi connectivity index (χ0v) is 11.6. The van der Waals surface area contributed by atoms with Gasteiger partial charge < -0.3 is 5.32 Å². The second kappa shape index (κ2) is 5.36. The maximum Gasteiger partial charge on any atom is 0.0610 e. The highest BCUT2D eigenvalue weighted by molar-refractivity contribution is 5.39. The quantitative estimate of drug-likeness (QED) is 0.895. The standard InChI is InChI=1S/C15H21N3/c1-5-16-15(13-9-17-18(4)10-13)14-8-6-7-11(2)12(14)3/h6-10,15-16H,5H2,1-4H3. The van der Waals surface area contributed by atoms with E-state index in [4.69, 9.17) is 0 Å². The van der Waals surface area contributed by atoms with Crippen LogP contribution in [0.2, 0.25) is 0 Å². The number of rotatable bonds is 4. The SMILES string of the molecule is CCNC(c1cnn(C)c1)c1cccc(C)c1C. The van der Waals surface area contributed by atoms with Crippen LogP contribution in [0.4, 0.5) is 0 Å². The van der Waals surface area contributed by atoms with Crippen molar-refractivity contribution >= 4 is 0 Å². The molecule has 0 saturated carbocycles. The molecular formula is C15H21N3. The van der Waals surface area contributed by atoms with Gasteiger partial charge in [-0.15, -0.1) is 0 Å². The first-order chi connectivity index (χ1) is 8.63. The van der Waals surface area contributed by atoms with E-state index in [9.17, 15) is 0 Å². The molecule has 1 atom stereocenters. The van der Waals surface area contributed by atoms with E-state index in [2.05, 4.69) is 55.6 Å². The molecule has 0 bridgehead atoms. The van der Waals surface area contributed by atoms with Gasteiger partial charge in [0.1, 0.15) is 0 Å². The number of benzene rings is 1. The second-order valence-electron chi connectivity index (χ2n) is 4.73. The van der Waals surface area contributed by atoms with Crippen LogP contribution in [0.5, 0.6) is 0 Å². The predicted octanol–water partition coefficient (Wildman–Crippen LogP) is 2.74. The minimum Gasteiger partial charge on any atom is -0.306 e. The van der Waals surface area contributed by atoms with Crippen LogP contribution in [-0.2, 0) is 7.05 Å². The van der Waals surface area contributed by atoms with Crippen molar-refractivity contribution in [1.82, 2.24) is 15.1 Å². The largest absolute Gasteiger partial charge is 0.306 e. The summed E-state index contributed by atoms with van der Waals surface area (Å²) in [5.74, 6) is 0. The lowest BCUT2D eigenvalue weighted by molar-refractivity contribution is 0.626. The fraction of sp³-hybridized carbons (Fsp3) is 0.400. The van der Waals surface area contributed by atoms with Crippen molar-refractivity contribution in [3.63, 3.8) is 0 Å². The van der Waals surface area contributed by atoms with E-state index in [0.29, 0.717) is 0 Å². The highest BCUT2D eigenvalue weighted by atomic mass is 15.2. The minimum atomic E-state index is 0.226. The molecular weight excluding hydrogens is 222 g/mol. The Morgan fingerprint density at radius 3 is 2.72 bits per heavy atom. The molecule has 1 N–H and O–H groups in total. The van der Waals surface area contributed by atoms with Crippen LogP contribution in [0.1, 0.15) is 35.2 Å². The lowest BCUT2D eigenvalue weighted by atomic mass is 9.94. The Labute approximate surface area is 109 Å². The van der Waals surface area contributed by atoms with Gasteiger partial charge in [0.2, 0.25) is 0 Å². The molecule has 1 aromatic heterocycles. The monoisotopic (exact) mass is 243 g/mol. The summed E-state index contributed by atoms with van der Waals surface area (Å²) in [7, 11) is 1.95. The van der Waals surface area contributed by atoms with Gasteiger partial charge in [-0.05, 0) is 37.1 Å². The lowest BCUT2D eigenvalue weighted by Gasteiger charge is -2.20. The summed E-state index contributed by atoms with van der Waals surface area (Å²) >= 11 is 0. The Kier molecular flexibility index (Phi) is 3.82. The summed E-state index contributed by atoms with van der Waals surface area (Å²) in [6.45, 7) is 7.41. The van der Waals surface area contributed by atoms with Gasteiger partial charge in [0.15, 0.2) is 0 Å².